The maximum Gasteiger partial charge on any atom is 0.416 e. The SMILES string of the molecule is CC(C)C(C)NCCOc1cccc(C(F)(F)F)c1. The molecule has 108 valence electrons. The van der Waals surface area contributed by atoms with Crippen molar-refractivity contribution in [2.45, 2.75) is 33.0 Å². The average molecular weight is 275 g/mol. The van der Waals surface area contributed by atoms with Gasteiger partial charge in [0.1, 0.15) is 12.4 Å². The smallest absolute Gasteiger partial charge is 0.416 e. The van der Waals surface area contributed by atoms with E-state index in [1.54, 1.807) is 0 Å². The Morgan fingerprint density at radius 2 is 1.89 bits per heavy atom. The van der Waals surface area contributed by atoms with Crippen molar-refractivity contribution in [3.63, 3.8) is 0 Å². The Kier molecular flexibility index (Phi) is 5.66. The lowest BCUT2D eigenvalue weighted by Crippen LogP contribution is -2.33. The molecular formula is C14H20F3NO. The maximum atomic E-state index is 12.5. The highest BCUT2D eigenvalue weighted by Crippen LogP contribution is 2.31. The van der Waals surface area contributed by atoms with E-state index < -0.39 is 11.7 Å². The first-order valence-corrected chi connectivity index (χ1v) is 6.34. The van der Waals surface area contributed by atoms with Crippen molar-refractivity contribution in [1.29, 1.82) is 0 Å². The van der Waals surface area contributed by atoms with Crippen molar-refractivity contribution in [2.75, 3.05) is 13.2 Å². The van der Waals surface area contributed by atoms with Crippen LogP contribution < -0.4 is 10.1 Å². The summed E-state index contributed by atoms with van der Waals surface area (Å²) in [4.78, 5) is 0. The molecule has 19 heavy (non-hydrogen) atoms. The summed E-state index contributed by atoms with van der Waals surface area (Å²) in [5, 5.41) is 3.25. The van der Waals surface area contributed by atoms with Crippen LogP contribution in [0.5, 0.6) is 5.75 Å². The van der Waals surface area contributed by atoms with Crippen LogP contribution in [0.15, 0.2) is 24.3 Å². The molecule has 0 aliphatic rings. The van der Waals surface area contributed by atoms with E-state index in [-0.39, 0.29) is 5.75 Å². The second-order valence-electron chi connectivity index (χ2n) is 4.86. The second-order valence-corrected chi connectivity index (χ2v) is 4.86. The molecule has 0 aliphatic carbocycles. The van der Waals surface area contributed by atoms with Gasteiger partial charge in [-0.15, -0.1) is 0 Å². The molecule has 0 aliphatic heterocycles. The number of hydrogen-bond acceptors (Lipinski definition) is 2. The van der Waals surface area contributed by atoms with Gasteiger partial charge in [-0.25, -0.2) is 0 Å². The Balaban J connectivity index is 2.42. The zero-order valence-electron chi connectivity index (χ0n) is 11.4. The van der Waals surface area contributed by atoms with Crippen LogP contribution in [0.4, 0.5) is 13.2 Å². The summed E-state index contributed by atoms with van der Waals surface area (Å²) in [6, 6.07) is 5.28. The lowest BCUT2D eigenvalue weighted by Gasteiger charge is -2.17. The molecule has 1 N–H and O–H groups in total. The molecule has 2 nitrogen and oxygen atoms in total. The highest BCUT2D eigenvalue weighted by Gasteiger charge is 2.30. The van der Waals surface area contributed by atoms with Gasteiger partial charge in [-0.1, -0.05) is 19.9 Å². The van der Waals surface area contributed by atoms with Crippen molar-refractivity contribution in [1.82, 2.24) is 5.32 Å². The molecule has 1 aromatic rings. The first kappa shape index (κ1) is 15.8. The van der Waals surface area contributed by atoms with Crippen LogP contribution >= 0.6 is 0 Å². The van der Waals surface area contributed by atoms with Crippen molar-refractivity contribution in [2.24, 2.45) is 5.92 Å². The minimum absolute atomic E-state index is 0.244. The average Bonchev–Trinajstić information content (AvgIpc) is 2.33. The monoisotopic (exact) mass is 275 g/mol. The van der Waals surface area contributed by atoms with E-state index in [0.717, 1.165) is 12.1 Å². The Morgan fingerprint density at radius 3 is 2.47 bits per heavy atom. The zero-order valence-corrected chi connectivity index (χ0v) is 11.4. The second kappa shape index (κ2) is 6.80. The van der Waals surface area contributed by atoms with Gasteiger partial charge in [-0.05, 0) is 31.0 Å². The summed E-state index contributed by atoms with van der Waals surface area (Å²) in [6.07, 6.45) is -4.33. The molecule has 0 spiro atoms. The maximum absolute atomic E-state index is 12.5. The quantitative estimate of drug-likeness (QED) is 0.799. The highest BCUT2D eigenvalue weighted by molar-refractivity contribution is 5.30. The first-order valence-electron chi connectivity index (χ1n) is 6.34. The third kappa shape index (κ3) is 5.51. The molecule has 1 atom stereocenters. The third-order valence-corrected chi connectivity index (χ3v) is 3.00. The number of nitrogens with one attached hydrogen (secondary N) is 1. The molecule has 0 heterocycles. The molecule has 0 saturated carbocycles. The van der Waals surface area contributed by atoms with Crippen molar-refractivity contribution >= 4 is 0 Å². The van der Waals surface area contributed by atoms with Gasteiger partial charge in [0.2, 0.25) is 0 Å². The van der Waals surface area contributed by atoms with Gasteiger partial charge in [0.15, 0.2) is 0 Å². The van der Waals surface area contributed by atoms with E-state index in [9.17, 15) is 13.2 Å². The Bertz CT molecular complexity index is 391. The molecule has 5 heteroatoms. The number of ether oxygens (including phenoxy) is 1. The minimum Gasteiger partial charge on any atom is -0.492 e. The van der Waals surface area contributed by atoms with E-state index in [0.29, 0.717) is 25.1 Å². The number of hydrogen-bond donors (Lipinski definition) is 1. The van der Waals surface area contributed by atoms with Crippen molar-refractivity contribution in [3.8, 4) is 5.75 Å². The molecule has 0 fully saturated rings. The van der Waals surface area contributed by atoms with E-state index in [1.807, 2.05) is 0 Å². The topological polar surface area (TPSA) is 21.3 Å². The summed E-state index contributed by atoms with van der Waals surface area (Å²) in [5.41, 5.74) is -0.687. The summed E-state index contributed by atoms with van der Waals surface area (Å²) >= 11 is 0. The van der Waals surface area contributed by atoms with Gasteiger partial charge < -0.3 is 10.1 Å². The lowest BCUT2D eigenvalue weighted by molar-refractivity contribution is -0.137. The van der Waals surface area contributed by atoms with Crippen molar-refractivity contribution in [3.05, 3.63) is 29.8 Å². The van der Waals surface area contributed by atoms with Gasteiger partial charge in [-0.2, -0.15) is 13.2 Å². The van der Waals surface area contributed by atoms with Gasteiger partial charge >= 0.3 is 6.18 Å². The lowest BCUT2D eigenvalue weighted by atomic mass is 10.1. The minimum atomic E-state index is -4.33. The van der Waals surface area contributed by atoms with Crippen LogP contribution in [0.1, 0.15) is 26.3 Å². The summed E-state index contributed by atoms with van der Waals surface area (Å²) in [7, 11) is 0. The summed E-state index contributed by atoms with van der Waals surface area (Å²) in [5.74, 6) is 0.752. The highest BCUT2D eigenvalue weighted by atomic mass is 19.4. The van der Waals surface area contributed by atoms with E-state index in [4.69, 9.17) is 4.74 Å². The fraction of sp³-hybridized carbons (Fsp3) is 0.571. The molecule has 1 rings (SSSR count). The largest absolute Gasteiger partial charge is 0.492 e. The van der Waals surface area contributed by atoms with Crippen LogP contribution in [-0.2, 0) is 6.18 Å². The standard InChI is InChI=1S/C14H20F3NO/c1-10(2)11(3)18-7-8-19-13-6-4-5-12(9-13)14(15,16)17/h4-6,9-11,18H,7-8H2,1-3H3. The van der Waals surface area contributed by atoms with Gasteiger partial charge in [0.05, 0.1) is 5.56 Å². The molecule has 1 unspecified atom stereocenters. The fourth-order valence-corrected chi connectivity index (χ4v) is 1.45. The van der Waals surface area contributed by atoms with Crippen LogP contribution in [0, 0.1) is 5.92 Å². The van der Waals surface area contributed by atoms with Crippen LogP contribution in [0.25, 0.3) is 0 Å². The number of halogens is 3. The number of alkyl halides is 3. The Morgan fingerprint density at radius 1 is 1.21 bits per heavy atom. The number of benzene rings is 1. The molecular weight excluding hydrogens is 255 g/mol. The normalized spacial score (nSPS) is 13.6. The predicted molar refractivity (Wildman–Crippen MR) is 69.2 cm³/mol. The van der Waals surface area contributed by atoms with Gasteiger partial charge in [0.25, 0.3) is 0 Å². The first-order chi connectivity index (χ1) is 8.80. The zero-order chi connectivity index (χ0) is 14.5. The summed E-state index contributed by atoms with van der Waals surface area (Å²) in [6.45, 7) is 7.22. The van der Waals surface area contributed by atoms with E-state index >= 15 is 0 Å². The molecule has 0 radical (unpaired) electrons. The van der Waals surface area contributed by atoms with E-state index in [1.165, 1.54) is 12.1 Å². The number of rotatable bonds is 6. The van der Waals surface area contributed by atoms with Gasteiger partial charge in [0, 0.05) is 12.6 Å². The van der Waals surface area contributed by atoms with Gasteiger partial charge in [-0.3, -0.25) is 0 Å². The predicted octanol–water partition coefficient (Wildman–Crippen LogP) is 3.72. The fourth-order valence-electron chi connectivity index (χ4n) is 1.45. The molecule has 0 amide bonds. The van der Waals surface area contributed by atoms with E-state index in [2.05, 4.69) is 26.1 Å². The van der Waals surface area contributed by atoms with Crippen LogP contribution in [0.2, 0.25) is 0 Å². The Labute approximate surface area is 112 Å². The molecule has 1 aromatic carbocycles. The molecule has 0 bridgehead atoms. The van der Waals surface area contributed by atoms with Crippen LogP contribution in [-0.4, -0.2) is 19.2 Å². The Hall–Kier alpha value is -1.23. The molecule has 0 saturated heterocycles. The molecule has 0 aromatic heterocycles. The third-order valence-electron chi connectivity index (χ3n) is 3.00. The van der Waals surface area contributed by atoms with Crippen LogP contribution in [0.3, 0.4) is 0 Å². The summed E-state index contributed by atoms with van der Waals surface area (Å²) < 4.78 is 42.8. The van der Waals surface area contributed by atoms with Crippen molar-refractivity contribution < 1.29 is 17.9 Å².